The van der Waals surface area contributed by atoms with Crippen LogP contribution in [0.15, 0.2) is 47.4 Å². The van der Waals surface area contributed by atoms with E-state index in [0.717, 1.165) is 0 Å². The van der Waals surface area contributed by atoms with E-state index in [0.29, 0.717) is 11.1 Å². The molecule has 2 aromatic rings. The van der Waals surface area contributed by atoms with Gasteiger partial charge in [-0.25, -0.2) is 13.6 Å². The summed E-state index contributed by atoms with van der Waals surface area (Å²) in [5.41, 5.74) is 0.952. The fourth-order valence-electron chi connectivity index (χ4n) is 1.81. The average molecular weight is 306 g/mol. The number of aromatic hydroxyl groups is 1. The number of anilines is 1. The minimum absolute atomic E-state index is 0.0801. The molecular weight excluding hydrogens is 292 g/mol. The predicted molar refractivity (Wildman–Crippen MR) is 78.6 cm³/mol. The lowest BCUT2D eigenvalue weighted by atomic mass is 10.1. The normalized spacial score (nSPS) is 11.1. The van der Waals surface area contributed by atoms with E-state index in [2.05, 4.69) is 5.32 Å². The van der Waals surface area contributed by atoms with Crippen molar-refractivity contribution in [3.8, 4) is 5.75 Å². The Morgan fingerprint density at radius 2 is 1.86 bits per heavy atom. The van der Waals surface area contributed by atoms with Crippen LogP contribution >= 0.6 is 0 Å². The molecule has 0 bridgehead atoms. The van der Waals surface area contributed by atoms with Crippen LogP contribution in [0.5, 0.6) is 5.75 Å². The summed E-state index contributed by atoms with van der Waals surface area (Å²) < 4.78 is 22.9. The van der Waals surface area contributed by atoms with Gasteiger partial charge in [0.15, 0.2) is 0 Å². The second kappa shape index (κ2) is 5.55. The number of hydrogen-bond donors (Lipinski definition) is 3. The smallest absolute Gasteiger partial charge is 0.255 e. The van der Waals surface area contributed by atoms with E-state index in [9.17, 15) is 18.3 Å². The molecule has 0 aliphatic carbocycles. The maximum atomic E-state index is 12.1. The molecule has 2 rings (SSSR count). The van der Waals surface area contributed by atoms with E-state index in [1.165, 1.54) is 36.4 Å². The number of hydrogen-bond acceptors (Lipinski definition) is 4. The average Bonchev–Trinajstić information content (AvgIpc) is 2.41. The van der Waals surface area contributed by atoms with E-state index in [1.54, 1.807) is 13.0 Å². The summed E-state index contributed by atoms with van der Waals surface area (Å²) in [5.74, 6) is -0.411. The standard InChI is InChI=1S/C14H14N2O4S/c1-9-8-10(6-7-12(9)17)14(18)16-11-4-2-3-5-13(11)21(15,19)20/h2-8,17H,1H3,(H,16,18)(H2,15,19,20). The zero-order valence-electron chi connectivity index (χ0n) is 11.2. The summed E-state index contributed by atoms with van der Waals surface area (Å²) in [6.07, 6.45) is 0. The number of aryl methyl sites for hydroxylation is 1. The molecule has 110 valence electrons. The lowest BCUT2D eigenvalue weighted by molar-refractivity contribution is 0.102. The van der Waals surface area contributed by atoms with Gasteiger partial charge in [0.25, 0.3) is 5.91 Å². The molecule has 0 unspecified atom stereocenters. The quantitative estimate of drug-likeness (QED) is 0.800. The number of rotatable bonds is 3. The molecule has 0 radical (unpaired) electrons. The Labute approximate surface area is 122 Å². The van der Waals surface area contributed by atoms with Gasteiger partial charge in [0, 0.05) is 5.56 Å². The summed E-state index contributed by atoms with van der Waals surface area (Å²) >= 11 is 0. The van der Waals surface area contributed by atoms with Crippen molar-refractivity contribution in [2.75, 3.05) is 5.32 Å². The SMILES string of the molecule is Cc1cc(C(=O)Nc2ccccc2S(N)(=O)=O)ccc1O. The number of carbonyl (C=O) groups is 1. The third-order valence-corrected chi connectivity index (χ3v) is 3.87. The van der Waals surface area contributed by atoms with E-state index >= 15 is 0 Å². The molecule has 0 spiro atoms. The van der Waals surface area contributed by atoms with E-state index < -0.39 is 15.9 Å². The highest BCUT2D eigenvalue weighted by Gasteiger charge is 2.16. The molecule has 0 aromatic heterocycles. The van der Waals surface area contributed by atoms with Crippen LogP contribution in [0.3, 0.4) is 0 Å². The van der Waals surface area contributed by atoms with Gasteiger partial charge in [-0.2, -0.15) is 0 Å². The number of para-hydroxylation sites is 1. The zero-order chi connectivity index (χ0) is 15.6. The zero-order valence-corrected chi connectivity index (χ0v) is 12.0. The molecule has 0 aliphatic rings. The number of sulfonamides is 1. The molecule has 2 aromatic carbocycles. The number of nitrogens with two attached hydrogens (primary N) is 1. The van der Waals surface area contributed by atoms with Gasteiger partial charge in [0.1, 0.15) is 10.6 Å². The van der Waals surface area contributed by atoms with Gasteiger partial charge < -0.3 is 10.4 Å². The minimum atomic E-state index is -3.93. The van der Waals surface area contributed by atoms with Crippen LogP contribution in [-0.2, 0) is 10.0 Å². The van der Waals surface area contributed by atoms with E-state index in [1.807, 2.05) is 0 Å². The lowest BCUT2D eigenvalue weighted by Gasteiger charge is -2.10. The van der Waals surface area contributed by atoms with Crippen molar-refractivity contribution in [3.63, 3.8) is 0 Å². The molecule has 0 atom stereocenters. The summed E-state index contributed by atoms with van der Waals surface area (Å²) in [6.45, 7) is 1.66. The molecule has 0 aliphatic heterocycles. The Hall–Kier alpha value is -2.38. The van der Waals surface area contributed by atoms with Crippen molar-refractivity contribution in [3.05, 3.63) is 53.6 Å². The summed E-state index contributed by atoms with van der Waals surface area (Å²) in [4.78, 5) is 12.0. The second-order valence-electron chi connectivity index (χ2n) is 4.50. The Kier molecular flexibility index (Phi) is 3.97. The number of phenols is 1. The number of benzene rings is 2. The van der Waals surface area contributed by atoms with Crippen LogP contribution < -0.4 is 10.5 Å². The first kappa shape index (κ1) is 15.0. The first-order valence-corrected chi connectivity index (χ1v) is 7.56. The van der Waals surface area contributed by atoms with Crippen molar-refractivity contribution in [2.45, 2.75) is 11.8 Å². The van der Waals surface area contributed by atoms with Crippen LogP contribution in [0.2, 0.25) is 0 Å². The van der Waals surface area contributed by atoms with Crippen molar-refractivity contribution in [1.82, 2.24) is 0 Å². The summed E-state index contributed by atoms with van der Waals surface area (Å²) in [6, 6.07) is 10.2. The number of phenolic OH excluding ortho intramolecular Hbond substituents is 1. The van der Waals surface area contributed by atoms with Crippen LogP contribution in [-0.4, -0.2) is 19.4 Å². The van der Waals surface area contributed by atoms with Gasteiger partial charge in [0.2, 0.25) is 10.0 Å². The fraction of sp³-hybridized carbons (Fsp3) is 0.0714. The molecule has 7 heteroatoms. The van der Waals surface area contributed by atoms with Crippen LogP contribution in [0.25, 0.3) is 0 Å². The van der Waals surface area contributed by atoms with Gasteiger partial charge in [-0.1, -0.05) is 12.1 Å². The highest BCUT2D eigenvalue weighted by Crippen LogP contribution is 2.21. The van der Waals surface area contributed by atoms with Crippen LogP contribution in [0.4, 0.5) is 5.69 Å². The third-order valence-electron chi connectivity index (χ3n) is 2.90. The van der Waals surface area contributed by atoms with Gasteiger partial charge in [-0.3, -0.25) is 4.79 Å². The van der Waals surface area contributed by atoms with Crippen molar-refractivity contribution in [1.29, 1.82) is 0 Å². The monoisotopic (exact) mass is 306 g/mol. The first-order valence-electron chi connectivity index (χ1n) is 6.02. The molecule has 21 heavy (non-hydrogen) atoms. The maximum Gasteiger partial charge on any atom is 0.255 e. The number of amides is 1. The molecular formula is C14H14N2O4S. The largest absolute Gasteiger partial charge is 0.508 e. The number of nitrogens with one attached hydrogen (secondary N) is 1. The van der Waals surface area contributed by atoms with Crippen LogP contribution in [0.1, 0.15) is 15.9 Å². The molecule has 0 saturated heterocycles. The van der Waals surface area contributed by atoms with Crippen molar-refractivity contribution in [2.24, 2.45) is 5.14 Å². The van der Waals surface area contributed by atoms with E-state index in [4.69, 9.17) is 5.14 Å². The Morgan fingerprint density at radius 1 is 1.19 bits per heavy atom. The molecule has 0 saturated carbocycles. The molecule has 0 heterocycles. The second-order valence-corrected chi connectivity index (χ2v) is 6.03. The number of primary sulfonamides is 1. The molecule has 6 nitrogen and oxygen atoms in total. The summed E-state index contributed by atoms with van der Waals surface area (Å²) in [5, 5.41) is 17.0. The summed E-state index contributed by atoms with van der Waals surface area (Å²) in [7, 11) is -3.93. The molecule has 1 amide bonds. The maximum absolute atomic E-state index is 12.1. The Morgan fingerprint density at radius 3 is 2.48 bits per heavy atom. The highest BCUT2D eigenvalue weighted by molar-refractivity contribution is 7.89. The van der Waals surface area contributed by atoms with Crippen molar-refractivity contribution >= 4 is 21.6 Å². The number of carbonyl (C=O) groups excluding carboxylic acids is 1. The Bertz CT molecular complexity index is 800. The predicted octanol–water partition coefficient (Wildman–Crippen LogP) is 1.60. The first-order chi connectivity index (χ1) is 9.79. The third kappa shape index (κ3) is 3.39. The van der Waals surface area contributed by atoms with Crippen molar-refractivity contribution < 1.29 is 18.3 Å². The van der Waals surface area contributed by atoms with E-state index in [-0.39, 0.29) is 16.3 Å². The molecule has 4 N–H and O–H groups in total. The van der Waals surface area contributed by atoms with Gasteiger partial charge in [-0.05, 0) is 42.8 Å². The molecule has 0 fully saturated rings. The Balaban J connectivity index is 2.34. The van der Waals surface area contributed by atoms with Gasteiger partial charge >= 0.3 is 0 Å². The fourth-order valence-corrected chi connectivity index (χ4v) is 2.50. The van der Waals surface area contributed by atoms with Gasteiger partial charge in [0.05, 0.1) is 5.69 Å². The lowest BCUT2D eigenvalue weighted by Crippen LogP contribution is -2.18. The minimum Gasteiger partial charge on any atom is -0.508 e. The van der Waals surface area contributed by atoms with Gasteiger partial charge in [-0.15, -0.1) is 0 Å². The topological polar surface area (TPSA) is 109 Å². The van der Waals surface area contributed by atoms with Crippen LogP contribution in [0, 0.1) is 6.92 Å². The highest BCUT2D eigenvalue weighted by atomic mass is 32.2.